The van der Waals surface area contributed by atoms with Crippen molar-refractivity contribution in [3.8, 4) is 5.75 Å². The van der Waals surface area contributed by atoms with Gasteiger partial charge in [-0.1, -0.05) is 12.1 Å². The first-order chi connectivity index (χ1) is 8.79. The van der Waals surface area contributed by atoms with Crippen LogP contribution in [0.25, 0.3) is 0 Å². The van der Waals surface area contributed by atoms with Gasteiger partial charge in [-0.2, -0.15) is 0 Å². The summed E-state index contributed by atoms with van der Waals surface area (Å²) < 4.78 is 5.48. The Morgan fingerprint density at radius 2 is 2.33 bits per heavy atom. The zero-order chi connectivity index (χ0) is 12.8. The number of nitrogens with one attached hydrogen (secondary N) is 2. The first kappa shape index (κ1) is 12.9. The third-order valence-electron chi connectivity index (χ3n) is 3.06. The molecule has 1 aliphatic heterocycles. The maximum atomic E-state index is 11.9. The summed E-state index contributed by atoms with van der Waals surface area (Å²) in [6, 6.07) is 7.85. The van der Waals surface area contributed by atoms with Crippen LogP contribution in [0.3, 0.4) is 0 Å². The minimum Gasteiger partial charge on any atom is -0.492 e. The maximum absolute atomic E-state index is 11.9. The lowest BCUT2D eigenvalue weighted by atomic mass is 10.1. The largest absolute Gasteiger partial charge is 0.492 e. The van der Waals surface area contributed by atoms with E-state index in [4.69, 9.17) is 4.74 Å². The molecule has 1 amide bonds. The molecule has 1 unspecified atom stereocenters. The van der Waals surface area contributed by atoms with Crippen molar-refractivity contribution in [1.82, 2.24) is 5.32 Å². The zero-order valence-electron chi connectivity index (χ0n) is 10.7. The highest BCUT2D eigenvalue weighted by Gasteiger charge is 2.18. The van der Waals surface area contributed by atoms with Gasteiger partial charge in [-0.25, -0.2) is 0 Å². The van der Waals surface area contributed by atoms with Crippen LogP contribution in [0.1, 0.15) is 26.2 Å². The summed E-state index contributed by atoms with van der Waals surface area (Å²) in [5, 5.41) is 6.24. The average Bonchev–Trinajstić information content (AvgIpc) is 2.84. The van der Waals surface area contributed by atoms with Crippen molar-refractivity contribution in [1.29, 1.82) is 0 Å². The highest BCUT2D eigenvalue weighted by Crippen LogP contribution is 2.24. The Morgan fingerprint density at radius 3 is 3.06 bits per heavy atom. The van der Waals surface area contributed by atoms with Gasteiger partial charge in [0.15, 0.2) is 0 Å². The highest BCUT2D eigenvalue weighted by atomic mass is 16.5. The van der Waals surface area contributed by atoms with Crippen molar-refractivity contribution in [2.24, 2.45) is 0 Å². The Labute approximate surface area is 108 Å². The van der Waals surface area contributed by atoms with Crippen molar-refractivity contribution in [3.05, 3.63) is 24.3 Å². The molecular formula is C14H20N2O2. The Bertz CT molecular complexity index is 401. The van der Waals surface area contributed by atoms with Gasteiger partial charge in [0, 0.05) is 12.5 Å². The number of amides is 1. The molecule has 0 bridgehead atoms. The fraction of sp³-hybridized carbons (Fsp3) is 0.500. The fourth-order valence-electron chi connectivity index (χ4n) is 2.21. The van der Waals surface area contributed by atoms with Gasteiger partial charge in [-0.3, -0.25) is 4.79 Å². The first-order valence-corrected chi connectivity index (χ1v) is 6.54. The van der Waals surface area contributed by atoms with Crippen molar-refractivity contribution >= 4 is 11.6 Å². The molecular weight excluding hydrogens is 228 g/mol. The number of ether oxygens (including phenoxy) is 1. The van der Waals surface area contributed by atoms with E-state index in [2.05, 4.69) is 10.6 Å². The molecule has 4 nitrogen and oxygen atoms in total. The van der Waals surface area contributed by atoms with Crippen molar-refractivity contribution in [2.75, 3.05) is 18.5 Å². The van der Waals surface area contributed by atoms with Crippen LogP contribution in [-0.2, 0) is 4.79 Å². The van der Waals surface area contributed by atoms with Crippen LogP contribution >= 0.6 is 0 Å². The van der Waals surface area contributed by atoms with E-state index in [0.29, 0.717) is 19.1 Å². The highest BCUT2D eigenvalue weighted by molar-refractivity contribution is 5.92. The number of carbonyl (C=O) groups excluding carboxylic acids is 1. The lowest BCUT2D eigenvalue weighted by Crippen LogP contribution is -2.27. The van der Waals surface area contributed by atoms with Gasteiger partial charge in [-0.05, 0) is 38.4 Å². The molecule has 1 aromatic carbocycles. The number of benzene rings is 1. The normalized spacial score (nSPS) is 18.6. The van der Waals surface area contributed by atoms with E-state index in [9.17, 15) is 4.79 Å². The summed E-state index contributed by atoms with van der Waals surface area (Å²) in [4.78, 5) is 11.9. The Hall–Kier alpha value is -1.55. The Balaban J connectivity index is 1.93. The average molecular weight is 248 g/mol. The summed E-state index contributed by atoms with van der Waals surface area (Å²) in [5.41, 5.74) is 0.752. The van der Waals surface area contributed by atoms with E-state index in [-0.39, 0.29) is 5.91 Å². The molecule has 0 spiro atoms. The van der Waals surface area contributed by atoms with Gasteiger partial charge < -0.3 is 15.4 Å². The topological polar surface area (TPSA) is 50.4 Å². The van der Waals surface area contributed by atoms with Gasteiger partial charge in [0.25, 0.3) is 0 Å². The smallest absolute Gasteiger partial charge is 0.226 e. The molecule has 1 atom stereocenters. The number of rotatable bonds is 5. The molecule has 0 aromatic heterocycles. The predicted octanol–water partition coefficient (Wildman–Crippen LogP) is 2.17. The second kappa shape index (κ2) is 6.40. The maximum Gasteiger partial charge on any atom is 0.226 e. The third-order valence-corrected chi connectivity index (χ3v) is 3.06. The van der Waals surface area contributed by atoms with Crippen LogP contribution in [0.2, 0.25) is 0 Å². The van der Waals surface area contributed by atoms with Gasteiger partial charge in [0.05, 0.1) is 12.3 Å². The number of carbonyl (C=O) groups is 1. The van der Waals surface area contributed by atoms with Crippen molar-refractivity contribution in [3.63, 3.8) is 0 Å². The molecule has 98 valence electrons. The standard InChI is InChI=1S/C14H20N2O2/c1-2-18-13-8-4-3-7-12(13)16-14(17)10-11-6-5-9-15-11/h3-4,7-8,11,15H,2,5-6,9-10H2,1H3,(H,16,17). The summed E-state index contributed by atoms with van der Waals surface area (Å²) >= 11 is 0. The summed E-state index contributed by atoms with van der Waals surface area (Å²) in [5.74, 6) is 0.772. The molecule has 1 saturated heterocycles. The van der Waals surface area contributed by atoms with Gasteiger partial charge in [0.2, 0.25) is 5.91 Å². The molecule has 1 heterocycles. The van der Waals surface area contributed by atoms with Crippen LogP contribution in [0.15, 0.2) is 24.3 Å². The van der Waals surface area contributed by atoms with Crippen LogP contribution in [0.5, 0.6) is 5.75 Å². The monoisotopic (exact) mass is 248 g/mol. The minimum atomic E-state index is 0.0431. The molecule has 1 aliphatic rings. The summed E-state index contributed by atoms with van der Waals surface area (Å²) in [6.45, 7) is 3.55. The van der Waals surface area contributed by atoms with Gasteiger partial charge in [0.1, 0.15) is 5.75 Å². The van der Waals surface area contributed by atoms with Crippen LogP contribution < -0.4 is 15.4 Å². The SMILES string of the molecule is CCOc1ccccc1NC(=O)CC1CCCN1. The number of anilines is 1. The number of hydrogen-bond acceptors (Lipinski definition) is 3. The van der Waals surface area contributed by atoms with E-state index in [1.807, 2.05) is 31.2 Å². The fourth-order valence-corrected chi connectivity index (χ4v) is 2.21. The third kappa shape index (κ3) is 3.47. The second-order valence-corrected chi connectivity index (χ2v) is 4.47. The molecule has 2 N–H and O–H groups in total. The Kier molecular flexibility index (Phi) is 4.59. The molecule has 1 aromatic rings. The quantitative estimate of drug-likeness (QED) is 0.839. The van der Waals surface area contributed by atoms with Crippen molar-refractivity contribution < 1.29 is 9.53 Å². The molecule has 18 heavy (non-hydrogen) atoms. The molecule has 0 radical (unpaired) electrons. The minimum absolute atomic E-state index is 0.0431. The first-order valence-electron chi connectivity index (χ1n) is 6.54. The molecule has 0 saturated carbocycles. The predicted molar refractivity (Wildman–Crippen MR) is 71.9 cm³/mol. The van der Waals surface area contributed by atoms with E-state index >= 15 is 0 Å². The van der Waals surface area contributed by atoms with Crippen LogP contribution in [0, 0.1) is 0 Å². The summed E-state index contributed by atoms with van der Waals surface area (Å²) in [7, 11) is 0. The Morgan fingerprint density at radius 1 is 1.50 bits per heavy atom. The van der Waals surface area contributed by atoms with Crippen molar-refractivity contribution in [2.45, 2.75) is 32.2 Å². The number of hydrogen-bond donors (Lipinski definition) is 2. The summed E-state index contributed by atoms with van der Waals surface area (Å²) in [6.07, 6.45) is 2.77. The van der Waals surface area contributed by atoms with E-state index in [1.54, 1.807) is 0 Å². The molecule has 2 rings (SSSR count). The molecule has 0 aliphatic carbocycles. The zero-order valence-corrected chi connectivity index (χ0v) is 10.7. The lowest BCUT2D eigenvalue weighted by molar-refractivity contribution is -0.116. The van der Waals surface area contributed by atoms with Gasteiger partial charge >= 0.3 is 0 Å². The van der Waals surface area contributed by atoms with E-state index in [0.717, 1.165) is 30.8 Å². The number of para-hydroxylation sites is 2. The molecule has 4 heteroatoms. The van der Waals surface area contributed by atoms with Crippen LogP contribution in [-0.4, -0.2) is 25.1 Å². The molecule has 1 fully saturated rings. The van der Waals surface area contributed by atoms with E-state index < -0.39 is 0 Å². The van der Waals surface area contributed by atoms with E-state index in [1.165, 1.54) is 0 Å². The van der Waals surface area contributed by atoms with Gasteiger partial charge in [-0.15, -0.1) is 0 Å². The lowest BCUT2D eigenvalue weighted by Gasteiger charge is -2.13. The van der Waals surface area contributed by atoms with Crippen LogP contribution in [0.4, 0.5) is 5.69 Å². The second-order valence-electron chi connectivity index (χ2n) is 4.47.